The van der Waals surface area contributed by atoms with Gasteiger partial charge in [0.25, 0.3) is 5.91 Å². The van der Waals surface area contributed by atoms with Crippen LogP contribution in [0, 0.1) is 6.92 Å². The van der Waals surface area contributed by atoms with E-state index < -0.39 is 17.6 Å². The molecule has 2 N–H and O–H groups in total. The van der Waals surface area contributed by atoms with Crippen LogP contribution in [-0.4, -0.2) is 33.1 Å². The zero-order valence-corrected chi connectivity index (χ0v) is 15.0. The predicted octanol–water partition coefficient (Wildman–Crippen LogP) is 1.93. The van der Waals surface area contributed by atoms with Gasteiger partial charge in [-0.15, -0.1) is 0 Å². The molecule has 0 fully saturated rings. The first-order chi connectivity index (χ1) is 11.6. The first-order valence-corrected chi connectivity index (χ1v) is 7.99. The molecule has 1 aromatic heterocycles. The highest BCUT2D eigenvalue weighted by Gasteiger charge is 2.23. The number of aromatic amines is 1. The molecular weight excluding hydrogens is 322 g/mol. The van der Waals surface area contributed by atoms with Crippen LogP contribution in [0.25, 0.3) is 5.69 Å². The number of carbonyl (C=O) groups is 2. The van der Waals surface area contributed by atoms with Gasteiger partial charge in [0.1, 0.15) is 0 Å². The Hall–Kier alpha value is -2.83. The fourth-order valence-electron chi connectivity index (χ4n) is 2.28. The Morgan fingerprint density at radius 1 is 1.20 bits per heavy atom. The van der Waals surface area contributed by atoms with Crippen molar-refractivity contribution >= 4 is 11.9 Å². The van der Waals surface area contributed by atoms with E-state index in [1.165, 1.54) is 11.5 Å². The van der Waals surface area contributed by atoms with Crippen LogP contribution in [0.15, 0.2) is 35.3 Å². The molecule has 2 aromatic rings. The second-order valence-electron chi connectivity index (χ2n) is 6.90. The summed E-state index contributed by atoms with van der Waals surface area (Å²) in [6.07, 6.45) is 0.709. The number of nitrogens with zero attached hydrogens (tertiary/aromatic N) is 1. The molecular formula is C18H23N3O4. The summed E-state index contributed by atoms with van der Waals surface area (Å²) in [4.78, 5) is 38.5. The van der Waals surface area contributed by atoms with Crippen LogP contribution in [0.1, 0.15) is 43.7 Å². The molecule has 0 saturated heterocycles. The number of amides is 1. The second kappa shape index (κ2) is 6.96. The molecule has 1 aromatic carbocycles. The lowest BCUT2D eigenvalue weighted by Gasteiger charge is -2.23. The number of aromatic nitrogens is 2. The average Bonchev–Trinajstić information content (AvgIpc) is 2.84. The topological polar surface area (TPSA) is 93.2 Å². The number of esters is 1. The molecule has 0 aliphatic carbocycles. The van der Waals surface area contributed by atoms with Gasteiger partial charge in [-0.1, -0.05) is 0 Å². The third-order valence-corrected chi connectivity index (χ3v) is 3.47. The van der Waals surface area contributed by atoms with Crippen LogP contribution in [0.3, 0.4) is 0 Å². The summed E-state index contributed by atoms with van der Waals surface area (Å²) in [6.45, 7) is 8.88. The standard InChI is InChI=1S/C18H23N3O4/c1-11-10-19-17(24)21(11)14-8-6-13(7-9-14)16(23)25-12(2)15(22)20-18(3,4)5/h6-10,12H,1-5H3,(H,19,24)(H,20,22). The molecule has 1 unspecified atom stereocenters. The molecule has 0 saturated carbocycles. The summed E-state index contributed by atoms with van der Waals surface area (Å²) in [6, 6.07) is 6.42. The highest BCUT2D eigenvalue weighted by atomic mass is 16.5. The third kappa shape index (κ3) is 4.59. The van der Waals surface area contributed by atoms with Crippen LogP contribution in [-0.2, 0) is 9.53 Å². The minimum absolute atomic E-state index is 0.250. The largest absolute Gasteiger partial charge is 0.449 e. The van der Waals surface area contributed by atoms with E-state index in [1.807, 2.05) is 20.8 Å². The lowest BCUT2D eigenvalue weighted by molar-refractivity contribution is -0.130. The minimum Gasteiger partial charge on any atom is -0.449 e. The van der Waals surface area contributed by atoms with Gasteiger partial charge in [-0.3, -0.25) is 9.36 Å². The Morgan fingerprint density at radius 3 is 2.28 bits per heavy atom. The number of H-pyrrole nitrogens is 1. The fraction of sp³-hybridized carbons (Fsp3) is 0.389. The zero-order chi connectivity index (χ0) is 18.8. The van der Waals surface area contributed by atoms with Crippen molar-refractivity contribution in [3.05, 3.63) is 52.2 Å². The summed E-state index contributed by atoms with van der Waals surface area (Å²) in [7, 11) is 0. The molecule has 0 aliphatic heterocycles. The quantitative estimate of drug-likeness (QED) is 0.828. The van der Waals surface area contributed by atoms with Gasteiger partial charge in [-0.25, -0.2) is 9.59 Å². The number of aryl methyl sites for hydroxylation is 1. The number of hydrogen-bond donors (Lipinski definition) is 2. The molecule has 0 bridgehead atoms. The minimum atomic E-state index is -0.902. The van der Waals surface area contributed by atoms with Crippen LogP contribution >= 0.6 is 0 Å². The molecule has 25 heavy (non-hydrogen) atoms. The number of benzene rings is 1. The van der Waals surface area contributed by atoms with Gasteiger partial charge in [-0.2, -0.15) is 0 Å². The monoisotopic (exact) mass is 345 g/mol. The highest BCUT2D eigenvalue weighted by molar-refractivity contribution is 5.92. The maximum Gasteiger partial charge on any atom is 0.338 e. The zero-order valence-electron chi connectivity index (χ0n) is 15.0. The fourth-order valence-corrected chi connectivity index (χ4v) is 2.28. The van der Waals surface area contributed by atoms with Crippen molar-refractivity contribution in [2.45, 2.75) is 46.3 Å². The molecule has 7 heteroatoms. The van der Waals surface area contributed by atoms with E-state index in [4.69, 9.17) is 4.74 Å². The Labute approximate surface area is 146 Å². The van der Waals surface area contributed by atoms with Gasteiger partial charge in [-0.05, 0) is 58.9 Å². The normalized spacial score (nSPS) is 12.5. The number of hydrogen-bond acceptors (Lipinski definition) is 4. The van der Waals surface area contributed by atoms with Crippen molar-refractivity contribution in [3.63, 3.8) is 0 Å². The van der Waals surface area contributed by atoms with Gasteiger partial charge in [0.2, 0.25) is 0 Å². The molecule has 1 amide bonds. The maximum absolute atomic E-state index is 12.2. The smallest absolute Gasteiger partial charge is 0.338 e. The summed E-state index contributed by atoms with van der Waals surface area (Å²) in [5.74, 6) is -0.951. The highest BCUT2D eigenvalue weighted by Crippen LogP contribution is 2.12. The van der Waals surface area contributed by atoms with Crippen molar-refractivity contribution in [1.29, 1.82) is 0 Å². The van der Waals surface area contributed by atoms with E-state index in [-0.39, 0.29) is 11.6 Å². The third-order valence-electron chi connectivity index (χ3n) is 3.47. The number of imidazole rings is 1. The first kappa shape index (κ1) is 18.5. The van der Waals surface area contributed by atoms with Crippen molar-refractivity contribution in [2.24, 2.45) is 0 Å². The lowest BCUT2D eigenvalue weighted by Crippen LogP contribution is -2.46. The summed E-state index contributed by atoms with van der Waals surface area (Å²) in [5, 5.41) is 2.76. The van der Waals surface area contributed by atoms with Crippen LogP contribution in [0.2, 0.25) is 0 Å². The predicted molar refractivity (Wildman–Crippen MR) is 93.9 cm³/mol. The Kier molecular flexibility index (Phi) is 5.15. The molecule has 0 spiro atoms. The van der Waals surface area contributed by atoms with Crippen LogP contribution in [0.4, 0.5) is 0 Å². The molecule has 2 rings (SSSR count). The average molecular weight is 345 g/mol. The van der Waals surface area contributed by atoms with E-state index in [0.29, 0.717) is 11.3 Å². The first-order valence-electron chi connectivity index (χ1n) is 7.99. The summed E-state index contributed by atoms with van der Waals surface area (Å²) >= 11 is 0. The van der Waals surface area contributed by atoms with E-state index in [1.54, 1.807) is 37.4 Å². The van der Waals surface area contributed by atoms with Gasteiger partial charge in [0.15, 0.2) is 6.10 Å². The molecule has 0 aliphatic rings. The lowest BCUT2D eigenvalue weighted by atomic mass is 10.1. The van der Waals surface area contributed by atoms with Crippen LogP contribution < -0.4 is 11.0 Å². The van der Waals surface area contributed by atoms with E-state index in [0.717, 1.165) is 5.69 Å². The van der Waals surface area contributed by atoms with Crippen LogP contribution in [0.5, 0.6) is 0 Å². The number of carbonyl (C=O) groups excluding carboxylic acids is 2. The van der Waals surface area contributed by atoms with Crippen molar-refractivity contribution in [2.75, 3.05) is 0 Å². The SMILES string of the molecule is Cc1c[nH]c(=O)n1-c1ccc(C(=O)OC(C)C(=O)NC(C)(C)C)cc1. The molecule has 134 valence electrons. The van der Waals surface area contributed by atoms with Gasteiger partial charge in [0, 0.05) is 17.4 Å². The number of rotatable bonds is 4. The van der Waals surface area contributed by atoms with Gasteiger partial charge in [0.05, 0.1) is 11.3 Å². The van der Waals surface area contributed by atoms with Crippen molar-refractivity contribution in [1.82, 2.24) is 14.9 Å². The Bertz CT molecular complexity index is 825. The molecule has 1 heterocycles. The number of ether oxygens (including phenoxy) is 1. The van der Waals surface area contributed by atoms with Crippen molar-refractivity contribution in [3.8, 4) is 5.69 Å². The second-order valence-corrected chi connectivity index (χ2v) is 6.90. The maximum atomic E-state index is 12.2. The van der Waals surface area contributed by atoms with E-state index in [9.17, 15) is 14.4 Å². The Balaban J connectivity index is 2.08. The van der Waals surface area contributed by atoms with Gasteiger partial charge < -0.3 is 15.0 Å². The number of nitrogens with one attached hydrogen (secondary N) is 2. The van der Waals surface area contributed by atoms with E-state index >= 15 is 0 Å². The molecule has 0 radical (unpaired) electrons. The Morgan fingerprint density at radius 2 is 1.80 bits per heavy atom. The van der Waals surface area contributed by atoms with E-state index in [2.05, 4.69) is 10.3 Å². The molecule has 1 atom stereocenters. The van der Waals surface area contributed by atoms with Gasteiger partial charge >= 0.3 is 11.7 Å². The summed E-state index contributed by atoms with van der Waals surface area (Å²) in [5.41, 5.74) is 1.05. The summed E-state index contributed by atoms with van der Waals surface area (Å²) < 4.78 is 6.69. The molecule has 7 nitrogen and oxygen atoms in total. The van der Waals surface area contributed by atoms with Crippen molar-refractivity contribution < 1.29 is 14.3 Å².